The molecule has 1 saturated carbocycles. The third-order valence-corrected chi connectivity index (χ3v) is 3.61. The molecule has 6 heteroatoms. The van der Waals surface area contributed by atoms with Gasteiger partial charge in [-0.1, -0.05) is 6.92 Å². The van der Waals surface area contributed by atoms with Gasteiger partial charge in [-0.3, -0.25) is 4.79 Å². The number of carbonyl (C=O) groups excluding carboxylic acids is 1. The molecular formula is C11H23Cl2N3O. The summed E-state index contributed by atoms with van der Waals surface area (Å²) in [5.74, 6) is 0.675. The molecule has 2 aliphatic rings. The first-order valence-electron chi connectivity index (χ1n) is 5.93. The number of nitrogens with zero attached hydrogens (tertiary/aromatic N) is 1. The van der Waals surface area contributed by atoms with Crippen molar-refractivity contribution in [2.24, 2.45) is 11.7 Å². The van der Waals surface area contributed by atoms with Crippen LogP contribution in [0.3, 0.4) is 0 Å². The molecule has 1 aliphatic carbocycles. The fourth-order valence-electron chi connectivity index (χ4n) is 2.14. The molecule has 0 spiro atoms. The summed E-state index contributed by atoms with van der Waals surface area (Å²) in [6.07, 6.45) is 2.90. The zero-order valence-electron chi connectivity index (χ0n) is 10.3. The number of hydrogen-bond acceptors (Lipinski definition) is 3. The van der Waals surface area contributed by atoms with Crippen molar-refractivity contribution >= 4 is 30.7 Å². The molecule has 1 atom stereocenters. The van der Waals surface area contributed by atoms with Crippen LogP contribution in [0.5, 0.6) is 0 Å². The van der Waals surface area contributed by atoms with E-state index in [2.05, 4.69) is 17.1 Å². The van der Waals surface area contributed by atoms with Gasteiger partial charge in [0.1, 0.15) is 0 Å². The summed E-state index contributed by atoms with van der Waals surface area (Å²) >= 11 is 0. The Morgan fingerprint density at radius 1 is 1.47 bits per heavy atom. The van der Waals surface area contributed by atoms with E-state index in [1.165, 1.54) is 13.0 Å². The average Bonchev–Trinajstić information content (AvgIpc) is 2.83. The highest BCUT2D eigenvalue weighted by Crippen LogP contribution is 2.32. The van der Waals surface area contributed by atoms with Gasteiger partial charge in [-0.25, -0.2) is 0 Å². The summed E-state index contributed by atoms with van der Waals surface area (Å²) in [6, 6.07) is 0. The highest BCUT2D eigenvalue weighted by atomic mass is 35.5. The van der Waals surface area contributed by atoms with Crippen molar-refractivity contribution in [3.8, 4) is 0 Å². The first-order valence-corrected chi connectivity index (χ1v) is 5.93. The van der Waals surface area contributed by atoms with Gasteiger partial charge in [0.05, 0.1) is 5.54 Å². The van der Waals surface area contributed by atoms with Crippen LogP contribution < -0.4 is 11.1 Å². The lowest BCUT2D eigenvalue weighted by Crippen LogP contribution is -2.44. The molecule has 1 amide bonds. The van der Waals surface area contributed by atoms with Crippen molar-refractivity contribution in [2.45, 2.75) is 31.7 Å². The zero-order valence-corrected chi connectivity index (χ0v) is 11.9. The molecule has 4 nitrogen and oxygen atoms in total. The third-order valence-electron chi connectivity index (χ3n) is 3.61. The van der Waals surface area contributed by atoms with Crippen LogP contribution in [0.4, 0.5) is 0 Å². The fourth-order valence-corrected chi connectivity index (χ4v) is 2.14. The summed E-state index contributed by atoms with van der Waals surface area (Å²) in [5, 5.41) is 2.98. The van der Waals surface area contributed by atoms with Gasteiger partial charge in [-0.2, -0.15) is 0 Å². The number of likely N-dealkylation sites (tertiary alicyclic amines) is 1. The van der Waals surface area contributed by atoms with E-state index in [0.717, 1.165) is 32.5 Å². The number of nitrogens with one attached hydrogen (secondary N) is 1. The molecule has 102 valence electrons. The van der Waals surface area contributed by atoms with Gasteiger partial charge in [0, 0.05) is 13.1 Å². The molecule has 0 aromatic carbocycles. The summed E-state index contributed by atoms with van der Waals surface area (Å²) in [7, 11) is 0. The van der Waals surface area contributed by atoms with E-state index in [1.54, 1.807) is 0 Å². The van der Waals surface area contributed by atoms with Gasteiger partial charge in [0.15, 0.2) is 0 Å². The number of carbonyl (C=O) groups is 1. The molecule has 1 unspecified atom stereocenters. The minimum absolute atomic E-state index is 0. The smallest absolute Gasteiger partial charge is 0.240 e. The van der Waals surface area contributed by atoms with E-state index < -0.39 is 5.54 Å². The maximum atomic E-state index is 11.6. The summed E-state index contributed by atoms with van der Waals surface area (Å²) < 4.78 is 0. The van der Waals surface area contributed by atoms with Gasteiger partial charge in [0.25, 0.3) is 0 Å². The molecular weight excluding hydrogens is 261 g/mol. The number of amides is 1. The van der Waals surface area contributed by atoms with E-state index in [0.29, 0.717) is 5.92 Å². The molecule has 2 fully saturated rings. The van der Waals surface area contributed by atoms with Crippen molar-refractivity contribution in [1.82, 2.24) is 10.2 Å². The molecule has 2 rings (SSSR count). The Morgan fingerprint density at radius 2 is 2.12 bits per heavy atom. The maximum Gasteiger partial charge on any atom is 0.240 e. The third kappa shape index (κ3) is 4.28. The van der Waals surface area contributed by atoms with Crippen molar-refractivity contribution in [3.05, 3.63) is 0 Å². The average molecular weight is 284 g/mol. The lowest BCUT2D eigenvalue weighted by Gasteiger charge is -2.15. The molecule has 0 radical (unpaired) electrons. The number of nitrogens with two attached hydrogens (primary N) is 1. The Kier molecular flexibility index (Phi) is 6.77. The standard InChI is InChI=1S/C11H21N3O.2ClH/c1-2-14-6-3-9(8-14)7-13-10(15)11(12)4-5-11;;/h9H,2-8,12H2,1H3,(H,13,15);2*1H. The minimum Gasteiger partial charge on any atom is -0.354 e. The van der Waals surface area contributed by atoms with Crippen LogP contribution in [0.1, 0.15) is 26.2 Å². The SMILES string of the molecule is CCN1CCC(CNC(=O)C2(N)CC2)C1.Cl.Cl. The fraction of sp³-hybridized carbons (Fsp3) is 0.909. The second-order valence-corrected chi connectivity index (χ2v) is 4.91. The highest BCUT2D eigenvalue weighted by molar-refractivity contribution is 5.88. The second-order valence-electron chi connectivity index (χ2n) is 4.91. The Hall–Kier alpha value is -0.0300. The normalized spacial score (nSPS) is 25.6. The molecule has 3 N–H and O–H groups in total. The van der Waals surface area contributed by atoms with Gasteiger partial charge in [-0.05, 0) is 38.3 Å². The molecule has 0 aromatic heterocycles. The van der Waals surface area contributed by atoms with Crippen LogP contribution in [-0.4, -0.2) is 42.5 Å². The summed E-state index contributed by atoms with van der Waals surface area (Å²) in [6.45, 7) is 6.39. The molecule has 1 saturated heterocycles. The Bertz CT molecular complexity index is 259. The van der Waals surface area contributed by atoms with E-state index >= 15 is 0 Å². The van der Waals surface area contributed by atoms with Crippen molar-refractivity contribution in [3.63, 3.8) is 0 Å². The largest absolute Gasteiger partial charge is 0.354 e. The summed E-state index contributed by atoms with van der Waals surface area (Å²) in [5.41, 5.74) is 5.29. The monoisotopic (exact) mass is 283 g/mol. The number of halogens is 2. The highest BCUT2D eigenvalue weighted by Gasteiger charge is 2.45. The number of rotatable bonds is 4. The minimum atomic E-state index is -0.511. The van der Waals surface area contributed by atoms with E-state index in [-0.39, 0.29) is 30.7 Å². The summed E-state index contributed by atoms with van der Waals surface area (Å²) in [4.78, 5) is 14.0. The van der Waals surface area contributed by atoms with E-state index in [9.17, 15) is 4.79 Å². The topological polar surface area (TPSA) is 58.4 Å². The van der Waals surface area contributed by atoms with E-state index in [1.807, 2.05) is 0 Å². The van der Waals surface area contributed by atoms with Gasteiger partial charge in [0.2, 0.25) is 5.91 Å². The van der Waals surface area contributed by atoms with E-state index in [4.69, 9.17) is 5.73 Å². The van der Waals surface area contributed by atoms with Crippen molar-refractivity contribution < 1.29 is 4.79 Å². The molecule has 0 bridgehead atoms. The molecule has 1 heterocycles. The predicted octanol–water partition coefficient (Wildman–Crippen LogP) is 0.779. The van der Waals surface area contributed by atoms with Crippen LogP contribution in [-0.2, 0) is 4.79 Å². The van der Waals surface area contributed by atoms with Crippen LogP contribution in [0.25, 0.3) is 0 Å². The Balaban J connectivity index is 0.00000128. The Morgan fingerprint density at radius 3 is 2.59 bits per heavy atom. The molecule has 1 aliphatic heterocycles. The van der Waals surface area contributed by atoms with Crippen LogP contribution in [0.15, 0.2) is 0 Å². The van der Waals surface area contributed by atoms with Crippen molar-refractivity contribution in [2.75, 3.05) is 26.2 Å². The number of hydrogen-bond donors (Lipinski definition) is 2. The van der Waals surface area contributed by atoms with Gasteiger partial charge >= 0.3 is 0 Å². The lowest BCUT2D eigenvalue weighted by atomic mass is 10.1. The van der Waals surface area contributed by atoms with Crippen LogP contribution in [0.2, 0.25) is 0 Å². The maximum absolute atomic E-state index is 11.6. The predicted molar refractivity (Wildman–Crippen MR) is 73.9 cm³/mol. The zero-order chi connectivity index (χ0) is 10.9. The van der Waals surface area contributed by atoms with Gasteiger partial charge in [-0.15, -0.1) is 24.8 Å². The van der Waals surface area contributed by atoms with Crippen LogP contribution in [0, 0.1) is 5.92 Å². The van der Waals surface area contributed by atoms with Crippen LogP contribution >= 0.6 is 24.8 Å². The van der Waals surface area contributed by atoms with Crippen molar-refractivity contribution in [1.29, 1.82) is 0 Å². The lowest BCUT2D eigenvalue weighted by molar-refractivity contribution is -0.123. The second kappa shape index (κ2) is 6.78. The van der Waals surface area contributed by atoms with Gasteiger partial charge < -0.3 is 16.0 Å². The Labute approximate surface area is 115 Å². The molecule has 17 heavy (non-hydrogen) atoms. The molecule has 0 aromatic rings. The first kappa shape index (κ1) is 17.0. The quantitative estimate of drug-likeness (QED) is 0.802. The first-order chi connectivity index (χ1) is 7.14.